The maximum absolute atomic E-state index is 12.8. The van der Waals surface area contributed by atoms with Gasteiger partial charge in [-0.05, 0) is 53.8 Å². The number of nitrogens with zero attached hydrogens (tertiary/aromatic N) is 1. The van der Waals surface area contributed by atoms with E-state index >= 15 is 0 Å². The average molecular weight is 542 g/mol. The van der Waals surface area contributed by atoms with Crippen LogP contribution in [-0.4, -0.2) is 43.2 Å². The normalized spacial score (nSPS) is 15.2. The predicted octanol–water partition coefficient (Wildman–Crippen LogP) is 5.44. The van der Waals surface area contributed by atoms with Gasteiger partial charge in [0.2, 0.25) is 0 Å². The highest BCUT2D eigenvalue weighted by Crippen LogP contribution is 2.29. The molecule has 3 aromatic rings. The lowest BCUT2D eigenvalue weighted by Crippen LogP contribution is -2.43. The number of benzene rings is 2. The molecule has 4 rings (SSSR count). The molecule has 1 unspecified atom stereocenters. The summed E-state index contributed by atoms with van der Waals surface area (Å²) < 4.78 is 10.8. The first-order chi connectivity index (χ1) is 17.9. The number of ether oxygens (including phenoxy) is 2. The second kappa shape index (κ2) is 12.3. The highest BCUT2D eigenvalue weighted by atomic mass is 35.5. The Kier molecular flexibility index (Phi) is 8.90. The summed E-state index contributed by atoms with van der Waals surface area (Å²) >= 11 is 12.3. The van der Waals surface area contributed by atoms with Gasteiger partial charge in [-0.15, -0.1) is 0 Å². The molecular formula is C28H29Cl2N3O4. The number of anilines is 1. The standard InChI is InChI=1S/C28H29Cl2N3O4/c1-17-12-14-31-26-21(17)11-8-19(32-26)13-15-37-20-9-6-18(7-10-20)16-24(28(35)36-2)33-27(34)25-22(29)4-3-5-23(25)30/h3-11,17,24H,12-16H2,1-2H3,(H,31,32)(H,33,34)/t17?,24-/m0/s1. The quantitative estimate of drug-likeness (QED) is 0.350. The highest BCUT2D eigenvalue weighted by Gasteiger charge is 2.25. The van der Waals surface area contributed by atoms with Crippen LogP contribution in [0.25, 0.3) is 0 Å². The third-order valence-corrected chi connectivity index (χ3v) is 6.99. The number of esters is 1. The molecule has 9 heteroatoms. The van der Waals surface area contributed by atoms with Gasteiger partial charge in [-0.25, -0.2) is 9.78 Å². The number of halogens is 2. The predicted molar refractivity (Wildman–Crippen MR) is 145 cm³/mol. The molecule has 37 heavy (non-hydrogen) atoms. The fourth-order valence-corrected chi connectivity index (χ4v) is 4.83. The molecule has 2 aromatic carbocycles. The van der Waals surface area contributed by atoms with Gasteiger partial charge in [-0.2, -0.15) is 0 Å². The van der Waals surface area contributed by atoms with Gasteiger partial charge in [-0.3, -0.25) is 4.79 Å². The number of carbonyl (C=O) groups excluding carboxylic acids is 2. The topological polar surface area (TPSA) is 89.6 Å². The lowest BCUT2D eigenvalue weighted by Gasteiger charge is -2.23. The van der Waals surface area contributed by atoms with Gasteiger partial charge in [0.05, 0.1) is 29.3 Å². The van der Waals surface area contributed by atoms with Crippen LogP contribution in [-0.2, 0) is 22.4 Å². The van der Waals surface area contributed by atoms with Crippen molar-refractivity contribution in [3.05, 3.63) is 87.0 Å². The summed E-state index contributed by atoms with van der Waals surface area (Å²) in [5.41, 5.74) is 3.18. The Morgan fingerprint density at radius 2 is 1.84 bits per heavy atom. The van der Waals surface area contributed by atoms with Crippen molar-refractivity contribution in [2.24, 2.45) is 0 Å². The average Bonchev–Trinajstić information content (AvgIpc) is 2.89. The van der Waals surface area contributed by atoms with Crippen LogP contribution >= 0.6 is 23.2 Å². The molecule has 194 valence electrons. The molecule has 2 atom stereocenters. The number of fused-ring (bicyclic) bond motifs is 1. The van der Waals surface area contributed by atoms with E-state index in [2.05, 4.69) is 29.7 Å². The van der Waals surface area contributed by atoms with Crippen LogP contribution in [0.3, 0.4) is 0 Å². The van der Waals surface area contributed by atoms with Crippen LogP contribution in [0, 0.1) is 0 Å². The number of methoxy groups -OCH3 is 1. The van der Waals surface area contributed by atoms with E-state index in [4.69, 9.17) is 37.7 Å². The Balaban J connectivity index is 1.34. The first-order valence-corrected chi connectivity index (χ1v) is 12.9. The van der Waals surface area contributed by atoms with Gasteiger partial charge in [0.15, 0.2) is 0 Å². The van der Waals surface area contributed by atoms with Crippen LogP contribution in [0.1, 0.15) is 46.4 Å². The smallest absolute Gasteiger partial charge is 0.328 e. The molecule has 0 bridgehead atoms. The van der Waals surface area contributed by atoms with E-state index < -0.39 is 17.9 Å². The second-order valence-electron chi connectivity index (χ2n) is 8.95. The number of carbonyl (C=O) groups is 2. The molecule has 1 amide bonds. The molecule has 0 saturated heterocycles. The van der Waals surface area contributed by atoms with E-state index in [1.165, 1.54) is 12.7 Å². The zero-order valence-corrected chi connectivity index (χ0v) is 22.2. The van der Waals surface area contributed by atoms with E-state index in [-0.39, 0.29) is 22.0 Å². The van der Waals surface area contributed by atoms with Crippen molar-refractivity contribution < 1.29 is 19.1 Å². The molecule has 2 heterocycles. The number of rotatable bonds is 9. The van der Waals surface area contributed by atoms with Crippen molar-refractivity contribution >= 4 is 40.9 Å². The number of hydrogen-bond acceptors (Lipinski definition) is 6. The summed E-state index contributed by atoms with van der Waals surface area (Å²) in [5, 5.41) is 6.46. The summed E-state index contributed by atoms with van der Waals surface area (Å²) in [6, 6.07) is 15.4. The molecule has 0 fully saturated rings. The summed E-state index contributed by atoms with van der Waals surface area (Å²) in [4.78, 5) is 29.9. The van der Waals surface area contributed by atoms with E-state index in [0.29, 0.717) is 24.7 Å². The van der Waals surface area contributed by atoms with Crippen molar-refractivity contribution in [1.82, 2.24) is 10.3 Å². The Morgan fingerprint density at radius 3 is 2.54 bits per heavy atom. The fourth-order valence-electron chi connectivity index (χ4n) is 4.26. The Bertz CT molecular complexity index is 1250. The van der Waals surface area contributed by atoms with E-state index in [9.17, 15) is 9.59 Å². The third kappa shape index (κ3) is 6.73. The van der Waals surface area contributed by atoms with E-state index in [0.717, 1.165) is 30.0 Å². The maximum atomic E-state index is 12.8. The first-order valence-electron chi connectivity index (χ1n) is 12.1. The number of nitrogens with one attached hydrogen (secondary N) is 2. The van der Waals surface area contributed by atoms with Gasteiger partial charge >= 0.3 is 5.97 Å². The number of hydrogen-bond donors (Lipinski definition) is 2. The van der Waals surface area contributed by atoms with Crippen molar-refractivity contribution in [3.63, 3.8) is 0 Å². The molecule has 1 aromatic heterocycles. The second-order valence-corrected chi connectivity index (χ2v) is 9.76. The number of pyridine rings is 1. The Labute approximate surface area is 226 Å². The molecule has 1 aliphatic rings. The molecule has 7 nitrogen and oxygen atoms in total. The van der Waals surface area contributed by atoms with Gasteiger partial charge in [0.25, 0.3) is 5.91 Å². The van der Waals surface area contributed by atoms with Crippen LogP contribution in [0.5, 0.6) is 5.75 Å². The summed E-state index contributed by atoms with van der Waals surface area (Å²) in [6.07, 6.45) is 2.03. The molecule has 1 aliphatic heterocycles. The Morgan fingerprint density at radius 1 is 1.11 bits per heavy atom. The molecule has 0 spiro atoms. The maximum Gasteiger partial charge on any atom is 0.328 e. The van der Waals surface area contributed by atoms with E-state index in [1.54, 1.807) is 18.2 Å². The van der Waals surface area contributed by atoms with Gasteiger partial charge in [0, 0.05) is 25.1 Å². The van der Waals surface area contributed by atoms with Crippen molar-refractivity contribution in [3.8, 4) is 5.75 Å². The van der Waals surface area contributed by atoms with Crippen LogP contribution in [0.15, 0.2) is 54.6 Å². The van der Waals surface area contributed by atoms with E-state index in [1.807, 2.05) is 24.3 Å². The van der Waals surface area contributed by atoms with Crippen LogP contribution < -0.4 is 15.4 Å². The summed E-state index contributed by atoms with van der Waals surface area (Å²) in [5.74, 6) is 1.08. The minimum absolute atomic E-state index is 0.113. The lowest BCUT2D eigenvalue weighted by atomic mass is 9.95. The molecule has 0 radical (unpaired) electrons. The van der Waals surface area contributed by atoms with Gasteiger partial charge in [-0.1, -0.05) is 54.4 Å². The molecule has 0 saturated carbocycles. The summed E-state index contributed by atoms with van der Waals surface area (Å²) in [7, 11) is 1.27. The minimum atomic E-state index is -0.914. The van der Waals surface area contributed by atoms with Crippen LogP contribution in [0.2, 0.25) is 10.0 Å². The van der Waals surface area contributed by atoms with Crippen molar-refractivity contribution in [1.29, 1.82) is 0 Å². The summed E-state index contributed by atoms with van der Waals surface area (Å²) in [6.45, 7) is 3.66. The highest BCUT2D eigenvalue weighted by molar-refractivity contribution is 6.39. The lowest BCUT2D eigenvalue weighted by molar-refractivity contribution is -0.142. The minimum Gasteiger partial charge on any atom is -0.493 e. The van der Waals surface area contributed by atoms with Gasteiger partial charge < -0.3 is 20.1 Å². The number of amides is 1. The van der Waals surface area contributed by atoms with Gasteiger partial charge in [0.1, 0.15) is 17.6 Å². The zero-order valence-electron chi connectivity index (χ0n) is 20.7. The fraction of sp³-hybridized carbons (Fsp3) is 0.321. The molecule has 2 N–H and O–H groups in total. The third-order valence-electron chi connectivity index (χ3n) is 6.36. The first kappa shape index (κ1) is 26.8. The molecular weight excluding hydrogens is 513 g/mol. The largest absolute Gasteiger partial charge is 0.493 e. The Hall–Kier alpha value is -3.29. The van der Waals surface area contributed by atoms with Crippen molar-refractivity contribution in [2.75, 3.05) is 25.6 Å². The monoisotopic (exact) mass is 541 g/mol. The zero-order chi connectivity index (χ0) is 26.4. The number of aromatic nitrogens is 1. The molecule has 0 aliphatic carbocycles. The SMILES string of the molecule is COC(=O)[C@H](Cc1ccc(OCCc2ccc3c(n2)NCCC3C)cc1)NC(=O)c1c(Cl)cccc1Cl. The van der Waals surface area contributed by atoms with Crippen molar-refractivity contribution in [2.45, 2.75) is 38.1 Å². The van der Waals surface area contributed by atoms with Crippen LogP contribution in [0.4, 0.5) is 5.82 Å².